The first-order valence-electron chi connectivity index (χ1n) is 5.21. The van der Waals surface area contributed by atoms with Crippen molar-refractivity contribution in [2.75, 3.05) is 5.32 Å². The number of anilines is 1. The molecule has 2 nitrogen and oxygen atoms in total. The number of pyridine rings is 1. The number of nitrogens with zero attached hydrogens (tertiary/aromatic N) is 1. The van der Waals surface area contributed by atoms with Crippen LogP contribution in [0.1, 0.15) is 31.7 Å². The van der Waals surface area contributed by atoms with E-state index in [-0.39, 0.29) is 11.4 Å². The fourth-order valence-electron chi connectivity index (χ4n) is 1.85. The van der Waals surface area contributed by atoms with Gasteiger partial charge in [0.25, 0.3) is 0 Å². The molecule has 0 spiro atoms. The fourth-order valence-corrected chi connectivity index (χ4v) is 1.85. The highest BCUT2D eigenvalue weighted by atomic mass is 19.4. The van der Waals surface area contributed by atoms with Crippen molar-refractivity contribution in [2.24, 2.45) is 0 Å². The molecule has 0 aliphatic heterocycles. The second kappa shape index (κ2) is 3.64. The highest BCUT2D eigenvalue weighted by molar-refractivity contribution is 5.48. The molecule has 16 heavy (non-hydrogen) atoms. The lowest BCUT2D eigenvalue weighted by Crippen LogP contribution is -2.42. The molecule has 0 radical (unpaired) electrons. The van der Waals surface area contributed by atoms with Crippen LogP contribution >= 0.6 is 0 Å². The molecule has 2 rings (SSSR count). The van der Waals surface area contributed by atoms with Crippen LogP contribution in [0.5, 0.6) is 0 Å². The Morgan fingerprint density at radius 3 is 2.56 bits per heavy atom. The van der Waals surface area contributed by atoms with E-state index in [1.54, 1.807) is 0 Å². The molecular weight excluding hydrogens is 217 g/mol. The number of hydrogen-bond acceptors (Lipinski definition) is 2. The quantitative estimate of drug-likeness (QED) is 0.841. The van der Waals surface area contributed by atoms with E-state index in [0.717, 1.165) is 25.3 Å². The Morgan fingerprint density at radius 1 is 1.38 bits per heavy atom. The van der Waals surface area contributed by atoms with Gasteiger partial charge in [0.1, 0.15) is 5.82 Å². The van der Waals surface area contributed by atoms with E-state index in [1.807, 2.05) is 6.92 Å². The number of alkyl halides is 3. The monoisotopic (exact) mass is 230 g/mol. The predicted molar refractivity (Wildman–Crippen MR) is 55.1 cm³/mol. The average molecular weight is 230 g/mol. The van der Waals surface area contributed by atoms with Crippen molar-refractivity contribution < 1.29 is 13.2 Å². The Morgan fingerprint density at radius 2 is 2.06 bits per heavy atom. The van der Waals surface area contributed by atoms with Gasteiger partial charge in [-0.3, -0.25) is 0 Å². The SMILES string of the molecule is CC1(Nc2ncccc2C(F)(F)F)CCC1. The van der Waals surface area contributed by atoms with Gasteiger partial charge in [0.2, 0.25) is 0 Å². The molecule has 0 aromatic carbocycles. The van der Waals surface area contributed by atoms with Gasteiger partial charge >= 0.3 is 6.18 Å². The van der Waals surface area contributed by atoms with E-state index in [1.165, 1.54) is 12.3 Å². The van der Waals surface area contributed by atoms with Gasteiger partial charge in [0.05, 0.1) is 5.56 Å². The Labute approximate surface area is 91.9 Å². The zero-order valence-corrected chi connectivity index (χ0v) is 8.93. The maximum absolute atomic E-state index is 12.7. The second-order valence-electron chi connectivity index (χ2n) is 4.44. The van der Waals surface area contributed by atoms with Crippen LogP contribution < -0.4 is 5.32 Å². The van der Waals surface area contributed by atoms with Gasteiger partial charge < -0.3 is 5.32 Å². The largest absolute Gasteiger partial charge is 0.419 e. The third kappa shape index (κ3) is 2.13. The zero-order chi connectivity index (χ0) is 11.8. The van der Waals surface area contributed by atoms with Crippen LogP contribution in [0, 0.1) is 0 Å². The van der Waals surface area contributed by atoms with E-state index in [0.29, 0.717) is 0 Å². The Hall–Kier alpha value is -1.26. The van der Waals surface area contributed by atoms with Crippen molar-refractivity contribution in [2.45, 2.75) is 37.9 Å². The van der Waals surface area contributed by atoms with Gasteiger partial charge in [0, 0.05) is 11.7 Å². The van der Waals surface area contributed by atoms with Crippen molar-refractivity contribution in [3.63, 3.8) is 0 Å². The second-order valence-corrected chi connectivity index (χ2v) is 4.44. The average Bonchev–Trinajstić information content (AvgIpc) is 2.14. The van der Waals surface area contributed by atoms with Crippen LogP contribution in [0.2, 0.25) is 0 Å². The summed E-state index contributed by atoms with van der Waals surface area (Å²) in [6.45, 7) is 1.92. The van der Waals surface area contributed by atoms with Crippen molar-refractivity contribution in [1.82, 2.24) is 4.98 Å². The molecule has 1 N–H and O–H groups in total. The number of aromatic nitrogens is 1. The molecular formula is C11H13F3N2. The Kier molecular flexibility index (Phi) is 2.56. The summed E-state index contributed by atoms with van der Waals surface area (Å²) in [6.07, 6.45) is -0.143. The van der Waals surface area contributed by atoms with Crippen molar-refractivity contribution >= 4 is 5.82 Å². The van der Waals surface area contributed by atoms with Crippen molar-refractivity contribution in [1.29, 1.82) is 0 Å². The number of hydrogen-bond donors (Lipinski definition) is 1. The standard InChI is InChI=1S/C11H13F3N2/c1-10(5-3-6-10)16-9-8(11(12,13)14)4-2-7-15-9/h2,4,7H,3,5-6H2,1H3,(H,15,16). The topological polar surface area (TPSA) is 24.9 Å². The van der Waals surface area contributed by atoms with Crippen molar-refractivity contribution in [3.05, 3.63) is 23.9 Å². The molecule has 1 fully saturated rings. The van der Waals surface area contributed by atoms with Gasteiger partial charge in [0.15, 0.2) is 0 Å². The molecule has 1 aliphatic rings. The molecule has 88 valence electrons. The van der Waals surface area contributed by atoms with E-state index in [4.69, 9.17) is 0 Å². The van der Waals surface area contributed by atoms with Crippen LogP contribution in [0.15, 0.2) is 18.3 Å². The Bertz CT molecular complexity index is 383. The molecule has 0 bridgehead atoms. The van der Waals surface area contributed by atoms with Crippen LogP contribution in [-0.2, 0) is 6.18 Å². The molecule has 1 saturated carbocycles. The summed E-state index contributed by atoms with van der Waals surface area (Å²) in [5, 5.41) is 2.90. The summed E-state index contributed by atoms with van der Waals surface area (Å²) in [4.78, 5) is 3.78. The normalized spacial score (nSPS) is 19.0. The van der Waals surface area contributed by atoms with Gasteiger partial charge in [-0.1, -0.05) is 0 Å². The molecule has 5 heteroatoms. The molecule has 1 aromatic heterocycles. The summed E-state index contributed by atoms with van der Waals surface area (Å²) in [6, 6.07) is 2.36. The molecule has 0 amide bonds. The lowest BCUT2D eigenvalue weighted by Gasteiger charge is -2.40. The predicted octanol–water partition coefficient (Wildman–Crippen LogP) is 3.45. The molecule has 1 heterocycles. The maximum atomic E-state index is 12.7. The third-order valence-electron chi connectivity index (χ3n) is 2.99. The maximum Gasteiger partial charge on any atom is 0.419 e. The minimum atomic E-state index is -4.35. The van der Waals surface area contributed by atoms with E-state index < -0.39 is 11.7 Å². The summed E-state index contributed by atoms with van der Waals surface area (Å²) in [5.41, 5.74) is -0.919. The lowest BCUT2D eigenvalue weighted by atomic mass is 9.78. The van der Waals surface area contributed by atoms with Gasteiger partial charge in [-0.25, -0.2) is 4.98 Å². The summed E-state index contributed by atoms with van der Waals surface area (Å²) in [7, 11) is 0. The summed E-state index contributed by atoms with van der Waals surface area (Å²) < 4.78 is 38.0. The molecule has 0 saturated heterocycles. The van der Waals surface area contributed by atoms with Crippen LogP contribution in [0.3, 0.4) is 0 Å². The van der Waals surface area contributed by atoms with E-state index >= 15 is 0 Å². The summed E-state index contributed by atoms with van der Waals surface area (Å²) in [5.74, 6) is -0.0581. The zero-order valence-electron chi connectivity index (χ0n) is 8.93. The number of rotatable bonds is 2. The fraction of sp³-hybridized carbons (Fsp3) is 0.545. The van der Waals surface area contributed by atoms with E-state index in [2.05, 4.69) is 10.3 Å². The smallest absolute Gasteiger partial charge is 0.364 e. The van der Waals surface area contributed by atoms with Gasteiger partial charge in [-0.15, -0.1) is 0 Å². The highest BCUT2D eigenvalue weighted by Gasteiger charge is 2.38. The minimum Gasteiger partial charge on any atom is -0.364 e. The van der Waals surface area contributed by atoms with Gasteiger partial charge in [-0.2, -0.15) is 13.2 Å². The van der Waals surface area contributed by atoms with E-state index in [9.17, 15) is 13.2 Å². The van der Waals surface area contributed by atoms with Gasteiger partial charge in [-0.05, 0) is 38.3 Å². The Balaban J connectivity index is 2.26. The van der Waals surface area contributed by atoms with Crippen molar-refractivity contribution in [3.8, 4) is 0 Å². The first-order chi connectivity index (χ1) is 7.41. The number of halogens is 3. The summed E-state index contributed by atoms with van der Waals surface area (Å²) >= 11 is 0. The molecule has 0 atom stereocenters. The molecule has 0 unspecified atom stereocenters. The first-order valence-corrected chi connectivity index (χ1v) is 5.21. The third-order valence-corrected chi connectivity index (χ3v) is 2.99. The minimum absolute atomic E-state index is 0.0581. The van der Waals surface area contributed by atoms with Crippen LogP contribution in [0.25, 0.3) is 0 Å². The first kappa shape index (κ1) is 11.2. The number of nitrogens with one attached hydrogen (secondary N) is 1. The van der Waals surface area contributed by atoms with Crippen LogP contribution in [-0.4, -0.2) is 10.5 Å². The molecule has 1 aliphatic carbocycles. The van der Waals surface area contributed by atoms with Crippen LogP contribution in [0.4, 0.5) is 19.0 Å². The lowest BCUT2D eigenvalue weighted by molar-refractivity contribution is -0.137. The highest BCUT2D eigenvalue weighted by Crippen LogP contribution is 2.38. The molecule has 1 aromatic rings.